The maximum Gasteiger partial charge on any atom is 0.222 e. The summed E-state index contributed by atoms with van der Waals surface area (Å²) in [5.41, 5.74) is -0.588. The Labute approximate surface area is 97.6 Å². The van der Waals surface area contributed by atoms with Gasteiger partial charge in [-0.25, -0.2) is 0 Å². The minimum Gasteiger partial charge on any atom is -0.390 e. The number of likely N-dealkylation sites (tertiary alicyclic amines) is 1. The molecule has 4 heteroatoms. The van der Waals surface area contributed by atoms with Crippen molar-refractivity contribution in [2.45, 2.75) is 38.7 Å². The van der Waals surface area contributed by atoms with E-state index in [1.165, 1.54) is 0 Å². The Morgan fingerprint density at radius 1 is 1.50 bits per heavy atom. The number of amides is 1. The van der Waals surface area contributed by atoms with E-state index in [0.29, 0.717) is 39.0 Å². The van der Waals surface area contributed by atoms with Gasteiger partial charge in [-0.3, -0.25) is 4.79 Å². The summed E-state index contributed by atoms with van der Waals surface area (Å²) in [5.74, 6) is 0.444. The van der Waals surface area contributed by atoms with Gasteiger partial charge in [-0.1, -0.05) is 6.92 Å². The van der Waals surface area contributed by atoms with E-state index in [1.54, 1.807) is 7.11 Å². The summed E-state index contributed by atoms with van der Waals surface area (Å²) in [6.45, 7) is 5.82. The number of hydrogen-bond acceptors (Lipinski definition) is 3. The number of hydrogen-bond donors (Lipinski definition) is 1. The summed E-state index contributed by atoms with van der Waals surface area (Å²) in [7, 11) is 1.65. The van der Waals surface area contributed by atoms with Crippen LogP contribution in [0.5, 0.6) is 0 Å². The van der Waals surface area contributed by atoms with E-state index in [-0.39, 0.29) is 11.8 Å². The van der Waals surface area contributed by atoms with Gasteiger partial charge in [-0.05, 0) is 25.7 Å². The van der Waals surface area contributed by atoms with E-state index in [4.69, 9.17) is 4.74 Å². The lowest BCUT2D eigenvalue weighted by Gasteiger charge is -2.36. The van der Waals surface area contributed by atoms with E-state index >= 15 is 0 Å². The van der Waals surface area contributed by atoms with Crippen molar-refractivity contribution in [2.75, 3.05) is 26.8 Å². The first kappa shape index (κ1) is 13.5. The van der Waals surface area contributed by atoms with Gasteiger partial charge >= 0.3 is 0 Å². The van der Waals surface area contributed by atoms with Crippen LogP contribution in [-0.4, -0.2) is 48.3 Å². The molecule has 94 valence electrons. The molecule has 0 aromatic rings. The van der Waals surface area contributed by atoms with Gasteiger partial charge < -0.3 is 14.7 Å². The van der Waals surface area contributed by atoms with Crippen LogP contribution in [0.25, 0.3) is 0 Å². The van der Waals surface area contributed by atoms with Crippen LogP contribution < -0.4 is 0 Å². The highest BCUT2D eigenvalue weighted by Gasteiger charge is 2.29. The average Bonchev–Trinajstić information content (AvgIpc) is 2.17. The molecule has 1 unspecified atom stereocenters. The van der Waals surface area contributed by atoms with Gasteiger partial charge in [0.05, 0.1) is 5.60 Å². The number of methoxy groups -OCH3 is 1. The highest BCUT2D eigenvalue weighted by Crippen LogP contribution is 2.22. The fourth-order valence-electron chi connectivity index (χ4n) is 2.01. The van der Waals surface area contributed by atoms with E-state index < -0.39 is 5.60 Å². The first-order chi connectivity index (χ1) is 7.44. The summed E-state index contributed by atoms with van der Waals surface area (Å²) in [4.78, 5) is 13.7. The molecule has 1 atom stereocenters. The second-order valence-electron chi connectivity index (χ2n) is 5.14. The second-order valence-corrected chi connectivity index (χ2v) is 5.14. The summed E-state index contributed by atoms with van der Waals surface area (Å²) < 4.78 is 5.01. The second kappa shape index (κ2) is 5.64. The molecule has 0 aliphatic carbocycles. The number of ether oxygens (including phenoxy) is 1. The normalized spacial score (nSPS) is 21.9. The summed E-state index contributed by atoms with van der Waals surface area (Å²) in [5, 5.41) is 9.78. The Balaban J connectivity index is 2.33. The molecule has 1 aliphatic heterocycles. The van der Waals surface area contributed by atoms with Crippen molar-refractivity contribution < 1.29 is 14.6 Å². The van der Waals surface area contributed by atoms with E-state index in [2.05, 4.69) is 0 Å². The largest absolute Gasteiger partial charge is 0.390 e. The average molecular weight is 229 g/mol. The summed E-state index contributed by atoms with van der Waals surface area (Å²) >= 11 is 0. The van der Waals surface area contributed by atoms with Crippen molar-refractivity contribution in [1.29, 1.82) is 0 Å². The van der Waals surface area contributed by atoms with Crippen LogP contribution in [0, 0.1) is 5.92 Å². The standard InChI is InChI=1S/C12H23NO3/c1-10(9-16-3)8-11(14)13-6-4-12(2,15)5-7-13/h10,15H,4-9H2,1-3H3. The molecule has 1 rings (SSSR count). The van der Waals surface area contributed by atoms with Crippen LogP contribution in [0.3, 0.4) is 0 Å². The molecule has 0 radical (unpaired) electrons. The minimum absolute atomic E-state index is 0.181. The van der Waals surface area contributed by atoms with Gasteiger partial charge in [0.15, 0.2) is 0 Å². The highest BCUT2D eigenvalue weighted by molar-refractivity contribution is 5.76. The van der Waals surface area contributed by atoms with Crippen molar-refractivity contribution >= 4 is 5.91 Å². The van der Waals surface area contributed by atoms with Gasteiger partial charge in [0.25, 0.3) is 0 Å². The van der Waals surface area contributed by atoms with Crippen molar-refractivity contribution in [3.05, 3.63) is 0 Å². The van der Waals surface area contributed by atoms with Gasteiger partial charge in [0.1, 0.15) is 0 Å². The van der Waals surface area contributed by atoms with Gasteiger partial charge in [-0.15, -0.1) is 0 Å². The first-order valence-corrected chi connectivity index (χ1v) is 5.94. The molecule has 1 amide bonds. The Bertz CT molecular complexity index is 230. The van der Waals surface area contributed by atoms with Crippen LogP contribution >= 0.6 is 0 Å². The molecule has 1 N–H and O–H groups in total. The number of rotatable bonds is 4. The smallest absolute Gasteiger partial charge is 0.222 e. The van der Waals surface area contributed by atoms with Crippen LogP contribution in [0.15, 0.2) is 0 Å². The van der Waals surface area contributed by atoms with Crippen molar-refractivity contribution in [3.63, 3.8) is 0 Å². The number of carbonyl (C=O) groups excluding carboxylic acids is 1. The van der Waals surface area contributed by atoms with Crippen molar-refractivity contribution in [3.8, 4) is 0 Å². The Morgan fingerprint density at radius 3 is 2.56 bits per heavy atom. The molecule has 0 saturated carbocycles. The van der Waals surface area contributed by atoms with Crippen LogP contribution in [0.4, 0.5) is 0 Å². The zero-order valence-electron chi connectivity index (χ0n) is 10.5. The molecular weight excluding hydrogens is 206 g/mol. The van der Waals surface area contributed by atoms with Crippen LogP contribution in [-0.2, 0) is 9.53 Å². The minimum atomic E-state index is -0.588. The monoisotopic (exact) mass is 229 g/mol. The number of aliphatic hydroxyl groups is 1. The van der Waals surface area contributed by atoms with Gasteiger partial charge in [0.2, 0.25) is 5.91 Å². The Kier molecular flexibility index (Phi) is 4.74. The molecule has 1 aliphatic rings. The quantitative estimate of drug-likeness (QED) is 0.783. The molecule has 1 saturated heterocycles. The van der Waals surface area contributed by atoms with E-state index in [0.717, 1.165) is 0 Å². The van der Waals surface area contributed by atoms with Gasteiger partial charge in [0, 0.05) is 33.2 Å². The fourth-order valence-corrected chi connectivity index (χ4v) is 2.01. The maximum absolute atomic E-state index is 11.9. The molecule has 0 bridgehead atoms. The summed E-state index contributed by atoms with van der Waals surface area (Å²) in [6, 6.07) is 0. The predicted octanol–water partition coefficient (Wildman–Crippen LogP) is 1.03. The maximum atomic E-state index is 11.9. The highest BCUT2D eigenvalue weighted by atomic mass is 16.5. The number of carbonyl (C=O) groups is 1. The van der Waals surface area contributed by atoms with Crippen molar-refractivity contribution in [1.82, 2.24) is 4.90 Å². The third-order valence-electron chi connectivity index (χ3n) is 3.17. The lowest BCUT2D eigenvalue weighted by atomic mass is 9.93. The number of piperidine rings is 1. The lowest BCUT2D eigenvalue weighted by Crippen LogP contribution is -2.45. The fraction of sp³-hybridized carbons (Fsp3) is 0.917. The van der Waals surface area contributed by atoms with Gasteiger partial charge in [-0.2, -0.15) is 0 Å². The van der Waals surface area contributed by atoms with E-state index in [1.807, 2.05) is 18.7 Å². The SMILES string of the molecule is COCC(C)CC(=O)N1CCC(C)(O)CC1. The molecule has 4 nitrogen and oxygen atoms in total. The molecule has 0 spiro atoms. The van der Waals surface area contributed by atoms with Crippen LogP contribution in [0.2, 0.25) is 0 Å². The molecule has 1 heterocycles. The predicted molar refractivity (Wildman–Crippen MR) is 62.1 cm³/mol. The zero-order chi connectivity index (χ0) is 12.2. The molecule has 0 aromatic carbocycles. The molecule has 1 fully saturated rings. The molecule has 0 aromatic heterocycles. The third kappa shape index (κ3) is 4.10. The molecule has 16 heavy (non-hydrogen) atoms. The topological polar surface area (TPSA) is 49.8 Å². The van der Waals surface area contributed by atoms with Crippen molar-refractivity contribution in [2.24, 2.45) is 5.92 Å². The molecular formula is C12H23NO3. The first-order valence-electron chi connectivity index (χ1n) is 5.94. The number of nitrogens with zero attached hydrogens (tertiary/aromatic N) is 1. The third-order valence-corrected chi connectivity index (χ3v) is 3.17. The lowest BCUT2D eigenvalue weighted by molar-refractivity contribution is -0.136. The van der Waals surface area contributed by atoms with E-state index in [9.17, 15) is 9.90 Å². The Hall–Kier alpha value is -0.610. The zero-order valence-corrected chi connectivity index (χ0v) is 10.5. The summed E-state index contributed by atoms with van der Waals surface area (Å²) in [6.07, 6.45) is 1.89. The van der Waals surface area contributed by atoms with Crippen LogP contribution in [0.1, 0.15) is 33.1 Å². The Morgan fingerprint density at radius 2 is 2.06 bits per heavy atom.